The molecule has 0 spiro atoms. The molecule has 5 heteroatoms. The first kappa shape index (κ1) is 13.1. The minimum absolute atomic E-state index is 0.0486. The molecule has 18 heavy (non-hydrogen) atoms. The summed E-state index contributed by atoms with van der Waals surface area (Å²) in [6.45, 7) is 0. The van der Waals surface area contributed by atoms with Gasteiger partial charge in [-0.1, -0.05) is 12.1 Å². The lowest BCUT2D eigenvalue weighted by Gasteiger charge is -2.15. The minimum Gasteiger partial charge on any atom is -0.316 e. The molecule has 1 heterocycles. The van der Waals surface area contributed by atoms with Crippen molar-refractivity contribution < 1.29 is 8.78 Å². The van der Waals surface area contributed by atoms with Crippen LogP contribution in [-0.2, 0) is 12.8 Å². The average Bonchev–Trinajstić information content (AvgIpc) is 2.86. The Morgan fingerprint density at radius 3 is 2.83 bits per heavy atom. The summed E-state index contributed by atoms with van der Waals surface area (Å²) in [4.78, 5) is 4.20. The van der Waals surface area contributed by atoms with Gasteiger partial charge in [0.2, 0.25) is 0 Å². The molecule has 0 radical (unpaired) electrons. The molecule has 0 aliphatic rings. The van der Waals surface area contributed by atoms with E-state index in [0.717, 1.165) is 11.1 Å². The van der Waals surface area contributed by atoms with Gasteiger partial charge in [0.1, 0.15) is 0 Å². The topological polar surface area (TPSA) is 24.9 Å². The van der Waals surface area contributed by atoms with Crippen molar-refractivity contribution in [2.45, 2.75) is 18.9 Å². The Hall–Kier alpha value is -1.33. The van der Waals surface area contributed by atoms with E-state index in [-0.39, 0.29) is 6.04 Å². The van der Waals surface area contributed by atoms with Crippen molar-refractivity contribution in [2.75, 3.05) is 7.05 Å². The second kappa shape index (κ2) is 6.02. The van der Waals surface area contributed by atoms with Crippen LogP contribution in [0.2, 0.25) is 0 Å². The third-order valence-electron chi connectivity index (χ3n) is 2.81. The lowest BCUT2D eigenvalue weighted by Crippen LogP contribution is -2.30. The molecule has 0 saturated heterocycles. The van der Waals surface area contributed by atoms with Gasteiger partial charge in [-0.05, 0) is 25.1 Å². The molecule has 0 fully saturated rings. The number of aromatic nitrogens is 1. The Kier molecular flexibility index (Phi) is 4.38. The van der Waals surface area contributed by atoms with Gasteiger partial charge in [-0.25, -0.2) is 13.8 Å². The Morgan fingerprint density at radius 2 is 2.17 bits per heavy atom. The summed E-state index contributed by atoms with van der Waals surface area (Å²) >= 11 is 1.57. The zero-order valence-electron chi connectivity index (χ0n) is 9.99. The quantitative estimate of drug-likeness (QED) is 0.902. The SMILES string of the molecule is CNC(Cc1nccs1)Cc1cccc(F)c1F. The third kappa shape index (κ3) is 3.11. The number of hydrogen-bond donors (Lipinski definition) is 1. The van der Waals surface area contributed by atoms with Crippen molar-refractivity contribution in [3.8, 4) is 0 Å². The predicted molar refractivity (Wildman–Crippen MR) is 68.7 cm³/mol. The Labute approximate surface area is 109 Å². The lowest BCUT2D eigenvalue weighted by atomic mass is 10.0. The highest BCUT2D eigenvalue weighted by Gasteiger charge is 2.14. The first-order valence-corrected chi connectivity index (χ1v) is 6.57. The van der Waals surface area contributed by atoms with Crippen molar-refractivity contribution in [1.82, 2.24) is 10.3 Å². The molecule has 2 rings (SSSR count). The van der Waals surface area contributed by atoms with E-state index < -0.39 is 11.6 Å². The van der Waals surface area contributed by atoms with E-state index in [9.17, 15) is 8.78 Å². The highest BCUT2D eigenvalue weighted by molar-refractivity contribution is 7.09. The van der Waals surface area contributed by atoms with Crippen LogP contribution >= 0.6 is 11.3 Å². The summed E-state index contributed by atoms with van der Waals surface area (Å²) in [5, 5.41) is 6.01. The minimum atomic E-state index is -0.795. The van der Waals surface area contributed by atoms with Crippen LogP contribution in [0.4, 0.5) is 8.78 Å². The van der Waals surface area contributed by atoms with Crippen LogP contribution in [0.3, 0.4) is 0 Å². The molecule has 0 aliphatic carbocycles. The van der Waals surface area contributed by atoms with Gasteiger partial charge in [0, 0.05) is 24.0 Å². The summed E-state index contributed by atoms with van der Waals surface area (Å²) < 4.78 is 26.7. The smallest absolute Gasteiger partial charge is 0.162 e. The van der Waals surface area contributed by atoms with Crippen molar-refractivity contribution in [2.24, 2.45) is 0 Å². The number of thiazole rings is 1. The van der Waals surface area contributed by atoms with E-state index in [1.54, 1.807) is 23.6 Å². The van der Waals surface area contributed by atoms with Crippen LogP contribution in [0, 0.1) is 11.6 Å². The molecule has 0 amide bonds. The standard InChI is InChI=1S/C13H14F2N2S/c1-16-10(8-12-17-5-6-18-12)7-9-3-2-4-11(14)13(9)15/h2-6,10,16H,7-8H2,1H3. The van der Waals surface area contributed by atoms with Crippen molar-refractivity contribution in [1.29, 1.82) is 0 Å². The maximum Gasteiger partial charge on any atom is 0.162 e. The van der Waals surface area contributed by atoms with Crippen molar-refractivity contribution in [3.05, 3.63) is 52.0 Å². The number of benzene rings is 1. The van der Waals surface area contributed by atoms with Gasteiger partial charge in [0.25, 0.3) is 0 Å². The molecular weight excluding hydrogens is 254 g/mol. The first-order valence-electron chi connectivity index (χ1n) is 5.69. The number of nitrogens with zero attached hydrogens (tertiary/aromatic N) is 1. The normalized spacial score (nSPS) is 12.6. The van der Waals surface area contributed by atoms with Crippen LogP contribution in [0.15, 0.2) is 29.8 Å². The molecule has 0 aliphatic heterocycles. The first-order chi connectivity index (χ1) is 8.70. The van der Waals surface area contributed by atoms with E-state index in [1.807, 2.05) is 12.4 Å². The number of rotatable bonds is 5. The van der Waals surface area contributed by atoms with E-state index >= 15 is 0 Å². The maximum atomic E-state index is 13.6. The highest BCUT2D eigenvalue weighted by atomic mass is 32.1. The van der Waals surface area contributed by atoms with Crippen LogP contribution in [-0.4, -0.2) is 18.1 Å². The van der Waals surface area contributed by atoms with Gasteiger partial charge >= 0.3 is 0 Å². The van der Waals surface area contributed by atoms with Crippen molar-refractivity contribution in [3.63, 3.8) is 0 Å². The summed E-state index contributed by atoms with van der Waals surface area (Å²) in [7, 11) is 1.81. The van der Waals surface area contributed by atoms with E-state index in [2.05, 4.69) is 10.3 Å². The average molecular weight is 268 g/mol. The summed E-state index contributed by atoms with van der Waals surface area (Å²) in [6.07, 6.45) is 2.90. The highest BCUT2D eigenvalue weighted by Crippen LogP contribution is 2.15. The largest absolute Gasteiger partial charge is 0.316 e. The van der Waals surface area contributed by atoms with Gasteiger partial charge < -0.3 is 5.32 Å². The fourth-order valence-electron chi connectivity index (χ4n) is 1.81. The number of halogens is 2. The number of hydrogen-bond acceptors (Lipinski definition) is 3. The molecule has 1 N–H and O–H groups in total. The fraction of sp³-hybridized carbons (Fsp3) is 0.308. The van der Waals surface area contributed by atoms with Gasteiger partial charge in [-0.15, -0.1) is 11.3 Å². The molecule has 0 saturated carbocycles. The Morgan fingerprint density at radius 1 is 1.33 bits per heavy atom. The molecule has 1 aromatic carbocycles. The van der Waals surface area contributed by atoms with Crippen LogP contribution in [0.1, 0.15) is 10.6 Å². The number of nitrogens with one attached hydrogen (secondary N) is 1. The molecule has 2 nitrogen and oxygen atoms in total. The summed E-state index contributed by atoms with van der Waals surface area (Å²) in [5.74, 6) is -1.55. The molecule has 1 aromatic heterocycles. The molecule has 1 unspecified atom stereocenters. The summed E-state index contributed by atoms with van der Waals surface area (Å²) in [5.41, 5.74) is 0.394. The van der Waals surface area contributed by atoms with Crippen molar-refractivity contribution >= 4 is 11.3 Å². The van der Waals surface area contributed by atoms with Crippen LogP contribution < -0.4 is 5.32 Å². The van der Waals surface area contributed by atoms with Crippen LogP contribution in [0.5, 0.6) is 0 Å². The number of likely N-dealkylation sites (N-methyl/N-ethyl adjacent to an activating group) is 1. The Balaban J connectivity index is 2.08. The van der Waals surface area contributed by atoms with Gasteiger partial charge in [-0.2, -0.15) is 0 Å². The zero-order chi connectivity index (χ0) is 13.0. The maximum absolute atomic E-state index is 13.6. The second-order valence-electron chi connectivity index (χ2n) is 4.03. The lowest BCUT2D eigenvalue weighted by molar-refractivity contribution is 0.482. The van der Waals surface area contributed by atoms with E-state index in [0.29, 0.717) is 18.4 Å². The molecule has 0 bridgehead atoms. The zero-order valence-corrected chi connectivity index (χ0v) is 10.8. The van der Waals surface area contributed by atoms with E-state index in [4.69, 9.17) is 0 Å². The predicted octanol–water partition coefficient (Wildman–Crippen LogP) is 2.79. The summed E-state index contributed by atoms with van der Waals surface area (Å²) in [6, 6.07) is 4.33. The second-order valence-corrected chi connectivity index (χ2v) is 5.01. The third-order valence-corrected chi connectivity index (χ3v) is 3.61. The van der Waals surface area contributed by atoms with E-state index in [1.165, 1.54) is 6.07 Å². The fourth-order valence-corrected chi connectivity index (χ4v) is 2.51. The molecular formula is C13H14F2N2S. The van der Waals surface area contributed by atoms with Crippen LogP contribution in [0.25, 0.3) is 0 Å². The Bertz CT molecular complexity index is 500. The monoisotopic (exact) mass is 268 g/mol. The molecule has 2 aromatic rings. The molecule has 1 atom stereocenters. The van der Waals surface area contributed by atoms with Gasteiger partial charge in [-0.3, -0.25) is 0 Å². The van der Waals surface area contributed by atoms with Gasteiger partial charge in [0.15, 0.2) is 11.6 Å². The van der Waals surface area contributed by atoms with Gasteiger partial charge in [0.05, 0.1) is 5.01 Å². The molecule has 96 valence electrons.